The third kappa shape index (κ3) is 3.73. The molecule has 0 aromatic heterocycles. The molecule has 8 nitrogen and oxygen atoms in total. The molecule has 0 bridgehead atoms. The van der Waals surface area contributed by atoms with Crippen molar-refractivity contribution in [2.24, 2.45) is 39.4 Å². The van der Waals surface area contributed by atoms with E-state index in [1.807, 2.05) is 20.8 Å². The summed E-state index contributed by atoms with van der Waals surface area (Å²) in [7, 11) is 0. The largest absolute Gasteiger partial charge is 0.481 e. The highest BCUT2D eigenvalue weighted by atomic mass is 16.4. The van der Waals surface area contributed by atoms with Gasteiger partial charge in [-0.3, -0.25) is 24.0 Å². The van der Waals surface area contributed by atoms with E-state index in [0.717, 1.165) is 0 Å². The van der Waals surface area contributed by atoms with E-state index in [1.54, 1.807) is 13.8 Å². The maximum absolute atomic E-state index is 14.1. The molecule has 4 aliphatic rings. The van der Waals surface area contributed by atoms with Gasteiger partial charge in [-0.05, 0) is 43.6 Å². The summed E-state index contributed by atoms with van der Waals surface area (Å²) in [6, 6.07) is 0. The van der Waals surface area contributed by atoms with Gasteiger partial charge in [0.15, 0.2) is 5.78 Å². The molecule has 2 saturated carbocycles. The van der Waals surface area contributed by atoms with Crippen LogP contribution in [0.4, 0.5) is 0 Å². The van der Waals surface area contributed by atoms with Crippen LogP contribution in [0.3, 0.4) is 0 Å². The van der Waals surface area contributed by atoms with Crippen LogP contribution in [0, 0.1) is 39.4 Å². The van der Waals surface area contributed by atoms with E-state index in [0.29, 0.717) is 24.0 Å². The van der Waals surface area contributed by atoms with E-state index in [-0.39, 0.29) is 55.4 Å². The summed E-state index contributed by atoms with van der Waals surface area (Å²) in [5, 5.41) is 32.4. The van der Waals surface area contributed by atoms with Crippen LogP contribution in [0.15, 0.2) is 11.1 Å². The molecule has 0 unspecified atom stereocenters. The number of aliphatic hydroxyl groups excluding tert-OH is 1. The maximum Gasteiger partial charge on any atom is 0.306 e. The average Bonchev–Trinajstić information content (AvgIpc) is 2.99. The van der Waals surface area contributed by atoms with Crippen LogP contribution in [0.2, 0.25) is 0 Å². The Balaban J connectivity index is 1.79. The van der Waals surface area contributed by atoms with Crippen LogP contribution in [-0.4, -0.2) is 56.1 Å². The first-order chi connectivity index (χ1) is 17.2. The monoisotopic (exact) mass is 530 g/mol. The number of Topliss-reactive ketones (excluding diaryl/α,β-unsaturated/α-hetero) is 4. The number of aliphatic carboxylic acids is 1. The lowest BCUT2D eigenvalue weighted by Gasteiger charge is -2.60. The van der Waals surface area contributed by atoms with E-state index in [1.165, 1.54) is 13.8 Å². The molecule has 3 N–H and O–H groups in total. The molecule has 0 aromatic carbocycles. The van der Waals surface area contributed by atoms with E-state index in [4.69, 9.17) is 0 Å². The molecule has 0 aromatic rings. The minimum atomic E-state index is -1.65. The Morgan fingerprint density at radius 2 is 1.68 bits per heavy atom. The van der Waals surface area contributed by atoms with Crippen molar-refractivity contribution in [3.63, 3.8) is 0 Å². The Labute approximate surface area is 224 Å². The van der Waals surface area contributed by atoms with Gasteiger partial charge in [-0.25, -0.2) is 0 Å². The van der Waals surface area contributed by atoms with Crippen LogP contribution >= 0.6 is 0 Å². The molecule has 0 amide bonds. The number of carboxylic acid groups (broad SMARTS) is 1. The van der Waals surface area contributed by atoms with Crippen molar-refractivity contribution in [2.75, 3.05) is 0 Å². The summed E-state index contributed by atoms with van der Waals surface area (Å²) in [4.78, 5) is 64.8. The fourth-order valence-corrected chi connectivity index (χ4v) is 8.97. The smallest absolute Gasteiger partial charge is 0.306 e. The Bertz CT molecular complexity index is 1160. The van der Waals surface area contributed by atoms with Crippen molar-refractivity contribution in [1.82, 2.24) is 0 Å². The summed E-state index contributed by atoms with van der Waals surface area (Å²) in [6.07, 6.45) is -0.624. The molecule has 8 heteroatoms. The van der Waals surface area contributed by atoms with Gasteiger partial charge in [0.05, 0.1) is 23.0 Å². The van der Waals surface area contributed by atoms with Gasteiger partial charge >= 0.3 is 5.97 Å². The molecule has 38 heavy (non-hydrogen) atoms. The molecule has 4 aliphatic carbocycles. The van der Waals surface area contributed by atoms with Crippen LogP contribution in [0.1, 0.15) is 93.4 Å². The normalized spacial score (nSPS) is 40.7. The van der Waals surface area contributed by atoms with Gasteiger partial charge in [-0.2, -0.15) is 0 Å². The maximum atomic E-state index is 14.1. The molecule has 0 aliphatic heterocycles. The van der Waals surface area contributed by atoms with Gasteiger partial charge in [0.25, 0.3) is 0 Å². The Morgan fingerprint density at radius 3 is 2.26 bits per heavy atom. The van der Waals surface area contributed by atoms with E-state index in [9.17, 15) is 39.3 Å². The van der Waals surface area contributed by atoms with Crippen molar-refractivity contribution in [3.05, 3.63) is 11.1 Å². The lowest BCUT2D eigenvalue weighted by atomic mass is 9.42. The summed E-state index contributed by atoms with van der Waals surface area (Å²) in [6.45, 7) is 12.2. The van der Waals surface area contributed by atoms with Crippen LogP contribution in [-0.2, 0) is 24.0 Å². The van der Waals surface area contributed by atoms with Crippen molar-refractivity contribution in [3.8, 4) is 0 Å². The fraction of sp³-hybridized carbons (Fsp3) is 0.767. The number of allylic oxidation sites excluding steroid dienone is 1. The molecule has 0 spiro atoms. The second kappa shape index (κ2) is 8.65. The molecule has 0 heterocycles. The Morgan fingerprint density at radius 1 is 1.08 bits per heavy atom. The summed E-state index contributed by atoms with van der Waals surface area (Å²) in [5.41, 5.74) is -4.36. The Hall–Kier alpha value is -2.19. The number of carbonyl (C=O) groups is 5. The summed E-state index contributed by atoms with van der Waals surface area (Å²) >= 11 is 0. The zero-order valence-corrected chi connectivity index (χ0v) is 23.6. The number of fused-ring (bicyclic) bond motifs is 4. The number of hydrogen-bond donors (Lipinski definition) is 3. The van der Waals surface area contributed by atoms with E-state index in [2.05, 4.69) is 0 Å². The minimum absolute atomic E-state index is 0.0159. The van der Waals surface area contributed by atoms with Crippen LogP contribution < -0.4 is 0 Å². The lowest BCUT2D eigenvalue weighted by molar-refractivity contribution is -0.150. The molecule has 0 radical (unpaired) electrons. The number of rotatable bonds is 6. The average molecular weight is 531 g/mol. The third-order valence-electron chi connectivity index (χ3n) is 11.3. The minimum Gasteiger partial charge on any atom is -0.481 e. The van der Waals surface area contributed by atoms with Gasteiger partial charge in [0.2, 0.25) is 0 Å². The van der Waals surface area contributed by atoms with Crippen LogP contribution in [0.25, 0.3) is 0 Å². The SMILES string of the molecule is C[C@@H](CC(=O)C[C@](C)(O)[C@@H]1CC(=O)[C@]2(C)C3=C(C(=O)C[C@@]12C)[C@]1(C)CCC(=O)C(C)(C)[C@H]1C[C@H]3O)C(=O)O. The number of carbonyl (C=O) groups excluding carboxylic acids is 4. The quantitative estimate of drug-likeness (QED) is 0.473. The van der Waals surface area contributed by atoms with Crippen molar-refractivity contribution in [1.29, 1.82) is 0 Å². The molecule has 210 valence electrons. The molecular weight excluding hydrogens is 488 g/mol. The highest BCUT2D eigenvalue weighted by Gasteiger charge is 2.71. The second-order valence-corrected chi connectivity index (χ2v) is 14.0. The molecule has 0 saturated heterocycles. The zero-order valence-electron chi connectivity index (χ0n) is 23.6. The van der Waals surface area contributed by atoms with Crippen molar-refractivity contribution >= 4 is 29.1 Å². The van der Waals surface area contributed by atoms with Gasteiger partial charge < -0.3 is 15.3 Å². The molecule has 8 atom stereocenters. The summed E-state index contributed by atoms with van der Waals surface area (Å²) < 4.78 is 0. The van der Waals surface area contributed by atoms with Gasteiger partial charge in [0.1, 0.15) is 17.3 Å². The molecule has 2 fully saturated rings. The zero-order chi connectivity index (χ0) is 28.8. The summed E-state index contributed by atoms with van der Waals surface area (Å²) in [5.74, 6) is -3.63. The standard InChI is InChI=1S/C30H42O8/c1-15(25(36)37)10-16(31)13-29(6,38)20-12-22(35)30(7)24-17(32)11-19-26(2,3)21(34)8-9-27(19,4)23(24)18(33)14-28(20,30)5/h15,17,19-20,32,38H,8-14H2,1-7H3,(H,36,37)/t15-,17+,19+,20+,27+,28-,29-,30+/m0/s1. The van der Waals surface area contributed by atoms with E-state index >= 15 is 0 Å². The first-order valence-corrected chi connectivity index (χ1v) is 13.7. The fourth-order valence-electron chi connectivity index (χ4n) is 8.97. The van der Waals surface area contributed by atoms with Gasteiger partial charge in [0, 0.05) is 54.4 Å². The number of aliphatic hydroxyl groups is 2. The molecular formula is C30H42O8. The second-order valence-electron chi connectivity index (χ2n) is 14.0. The predicted octanol–water partition coefficient (Wildman–Crippen LogP) is 3.45. The highest BCUT2D eigenvalue weighted by Crippen LogP contribution is 2.70. The van der Waals surface area contributed by atoms with Gasteiger partial charge in [-0.15, -0.1) is 0 Å². The first kappa shape index (κ1) is 28.8. The number of hydrogen-bond acceptors (Lipinski definition) is 7. The van der Waals surface area contributed by atoms with Crippen molar-refractivity contribution in [2.45, 2.75) is 105 Å². The predicted molar refractivity (Wildman–Crippen MR) is 138 cm³/mol. The van der Waals surface area contributed by atoms with Gasteiger partial charge in [-0.1, -0.05) is 34.6 Å². The number of ketones is 4. The molecule has 4 rings (SSSR count). The Kier molecular flexibility index (Phi) is 6.56. The lowest BCUT2D eigenvalue weighted by Crippen LogP contribution is -2.60. The first-order valence-electron chi connectivity index (χ1n) is 13.7. The van der Waals surface area contributed by atoms with Crippen LogP contribution in [0.5, 0.6) is 0 Å². The topological polar surface area (TPSA) is 146 Å². The van der Waals surface area contributed by atoms with E-state index < -0.39 is 57.0 Å². The highest BCUT2D eigenvalue weighted by molar-refractivity contribution is 6.05. The van der Waals surface area contributed by atoms with Crippen molar-refractivity contribution < 1.29 is 39.3 Å². The number of carboxylic acids is 1. The third-order valence-corrected chi connectivity index (χ3v) is 11.3.